The van der Waals surface area contributed by atoms with Crippen molar-refractivity contribution in [2.75, 3.05) is 23.3 Å². The number of alkyl halides is 3. The quantitative estimate of drug-likeness (QED) is 0.565. The molecule has 0 spiro atoms. The summed E-state index contributed by atoms with van der Waals surface area (Å²) in [6, 6.07) is 3.22. The molecular weight excluding hydrogens is 413 g/mol. The van der Waals surface area contributed by atoms with Crippen molar-refractivity contribution in [2.24, 2.45) is 11.5 Å². The molecule has 1 aromatic carbocycles. The minimum atomic E-state index is -4.61. The molecule has 6 N–H and O–H groups in total. The molecule has 4 rings (SSSR count). The molecule has 0 unspecified atom stereocenters. The van der Waals surface area contributed by atoms with Crippen LogP contribution in [0.2, 0.25) is 0 Å². The molecule has 8 nitrogen and oxygen atoms in total. The predicted molar refractivity (Wildman–Crippen MR) is 108 cm³/mol. The van der Waals surface area contributed by atoms with Crippen molar-refractivity contribution in [3.8, 4) is 0 Å². The van der Waals surface area contributed by atoms with E-state index >= 15 is 0 Å². The van der Waals surface area contributed by atoms with Crippen molar-refractivity contribution in [1.29, 1.82) is 0 Å². The zero-order valence-corrected chi connectivity index (χ0v) is 16.6. The summed E-state index contributed by atoms with van der Waals surface area (Å²) in [4.78, 5) is 22.3. The van der Waals surface area contributed by atoms with Crippen LogP contribution in [0.25, 0.3) is 0 Å². The highest BCUT2D eigenvalue weighted by Gasteiger charge is 2.44. The zero-order chi connectivity index (χ0) is 22.4. The molecule has 1 saturated heterocycles. The Morgan fingerprint density at radius 1 is 1.29 bits per heavy atom. The van der Waals surface area contributed by atoms with Crippen molar-refractivity contribution in [2.45, 2.75) is 43.5 Å². The van der Waals surface area contributed by atoms with Gasteiger partial charge in [-0.15, -0.1) is 0 Å². The standard InChI is InChI=1S/C20H23F3N6O2/c21-20(22,23)12-6-11(19(31)3-4-19)7-14(8-12)27-17-15(16(25)30)9-26-18(28-17)29-5-1-2-13(24)10-29/h6-9,13,31H,1-5,10,24H2,(H2,25,30)(H,26,27,28)/t13-/m0/s1. The summed E-state index contributed by atoms with van der Waals surface area (Å²) >= 11 is 0. The second-order valence-corrected chi connectivity index (χ2v) is 8.10. The molecule has 2 fully saturated rings. The molecule has 166 valence electrons. The summed E-state index contributed by atoms with van der Waals surface area (Å²) < 4.78 is 40.3. The average molecular weight is 436 g/mol. The van der Waals surface area contributed by atoms with Crippen molar-refractivity contribution in [3.05, 3.63) is 41.1 Å². The first kappa shape index (κ1) is 21.3. The van der Waals surface area contributed by atoms with E-state index in [9.17, 15) is 23.1 Å². The molecule has 1 atom stereocenters. The van der Waals surface area contributed by atoms with Gasteiger partial charge < -0.3 is 26.8 Å². The molecule has 1 aliphatic carbocycles. The number of amides is 1. The maximum Gasteiger partial charge on any atom is 0.416 e. The predicted octanol–water partition coefficient (Wildman–Crippen LogP) is 2.25. The Hall–Kier alpha value is -2.92. The van der Waals surface area contributed by atoms with E-state index in [2.05, 4.69) is 15.3 Å². The third-order valence-corrected chi connectivity index (χ3v) is 5.57. The number of rotatable bonds is 5. The van der Waals surface area contributed by atoms with Crippen LogP contribution >= 0.6 is 0 Å². The second kappa shape index (κ2) is 7.65. The lowest BCUT2D eigenvalue weighted by Crippen LogP contribution is -2.43. The van der Waals surface area contributed by atoms with Crippen LogP contribution < -0.4 is 21.7 Å². The van der Waals surface area contributed by atoms with Crippen LogP contribution in [-0.2, 0) is 11.8 Å². The Labute approximate surface area is 176 Å². The van der Waals surface area contributed by atoms with Gasteiger partial charge in [-0.1, -0.05) is 0 Å². The molecule has 0 bridgehead atoms. The van der Waals surface area contributed by atoms with Gasteiger partial charge in [-0.3, -0.25) is 4.79 Å². The van der Waals surface area contributed by atoms with E-state index < -0.39 is 23.2 Å². The molecule has 1 aromatic heterocycles. The number of nitrogens with zero attached hydrogens (tertiary/aromatic N) is 3. The highest BCUT2D eigenvalue weighted by atomic mass is 19.4. The highest BCUT2D eigenvalue weighted by molar-refractivity contribution is 5.98. The molecule has 1 amide bonds. The molecule has 2 heterocycles. The van der Waals surface area contributed by atoms with Gasteiger partial charge in [0, 0.05) is 31.0 Å². The van der Waals surface area contributed by atoms with E-state index in [1.165, 1.54) is 12.3 Å². The van der Waals surface area contributed by atoms with E-state index in [0.29, 0.717) is 31.9 Å². The minimum absolute atomic E-state index is 0.00953. The fourth-order valence-corrected chi connectivity index (χ4v) is 3.67. The third-order valence-electron chi connectivity index (χ3n) is 5.57. The largest absolute Gasteiger partial charge is 0.416 e. The van der Waals surface area contributed by atoms with Crippen molar-refractivity contribution in [3.63, 3.8) is 0 Å². The van der Waals surface area contributed by atoms with Gasteiger partial charge in [-0.05, 0) is 49.4 Å². The summed E-state index contributed by atoms with van der Waals surface area (Å²) in [5.74, 6) is -0.530. The minimum Gasteiger partial charge on any atom is -0.385 e. The van der Waals surface area contributed by atoms with Crippen LogP contribution in [0.1, 0.15) is 47.2 Å². The Bertz CT molecular complexity index is 985. The van der Waals surface area contributed by atoms with Gasteiger partial charge in [0.05, 0.1) is 11.2 Å². The first-order valence-corrected chi connectivity index (χ1v) is 9.95. The number of piperidine rings is 1. The van der Waals surface area contributed by atoms with Crippen LogP contribution in [0.3, 0.4) is 0 Å². The molecule has 2 aliphatic rings. The molecule has 1 aliphatic heterocycles. The molecule has 1 saturated carbocycles. The molecule has 0 radical (unpaired) electrons. The zero-order valence-electron chi connectivity index (χ0n) is 16.6. The summed E-state index contributed by atoms with van der Waals surface area (Å²) in [5.41, 5.74) is 9.36. The fourth-order valence-electron chi connectivity index (χ4n) is 3.67. The normalized spacial score (nSPS) is 20.4. The first-order chi connectivity index (χ1) is 14.5. The van der Waals surface area contributed by atoms with Crippen LogP contribution in [0.4, 0.5) is 30.6 Å². The molecule has 11 heteroatoms. The Morgan fingerprint density at radius 2 is 2.03 bits per heavy atom. The number of hydrogen-bond acceptors (Lipinski definition) is 7. The number of halogens is 3. The number of benzene rings is 1. The number of nitrogens with one attached hydrogen (secondary N) is 1. The first-order valence-electron chi connectivity index (χ1n) is 9.95. The van der Waals surface area contributed by atoms with Crippen LogP contribution in [0.15, 0.2) is 24.4 Å². The van der Waals surface area contributed by atoms with Gasteiger partial charge in [0.2, 0.25) is 5.95 Å². The topological polar surface area (TPSA) is 130 Å². The van der Waals surface area contributed by atoms with Crippen molar-refractivity contribution < 1.29 is 23.1 Å². The number of primary amides is 1. The number of carbonyl (C=O) groups excluding carboxylic acids is 1. The maximum atomic E-state index is 13.4. The maximum absolute atomic E-state index is 13.4. The van der Waals surface area contributed by atoms with Gasteiger partial charge in [-0.2, -0.15) is 18.2 Å². The van der Waals surface area contributed by atoms with Gasteiger partial charge in [0.1, 0.15) is 11.4 Å². The van der Waals surface area contributed by atoms with Crippen LogP contribution in [0.5, 0.6) is 0 Å². The highest BCUT2D eigenvalue weighted by Crippen LogP contribution is 2.47. The number of aromatic nitrogens is 2. The van der Waals surface area contributed by atoms with Gasteiger partial charge in [-0.25, -0.2) is 4.98 Å². The van der Waals surface area contributed by atoms with Gasteiger partial charge in [0.15, 0.2) is 0 Å². The third kappa shape index (κ3) is 4.57. The van der Waals surface area contributed by atoms with E-state index in [-0.39, 0.29) is 28.7 Å². The van der Waals surface area contributed by atoms with E-state index in [1.807, 2.05) is 4.90 Å². The van der Waals surface area contributed by atoms with E-state index in [0.717, 1.165) is 25.0 Å². The Kier molecular flexibility index (Phi) is 5.26. The molecular formula is C20H23F3N6O2. The summed E-state index contributed by atoms with van der Waals surface area (Å²) in [6.07, 6.45) is -0.876. The number of anilines is 3. The average Bonchev–Trinajstić information content (AvgIpc) is 3.45. The van der Waals surface area contributed by atoms with Crippen LogP contribution in [-0.4, -0.2) is 40.1 Å². The van der Waals surface area contributed by atoms with Gasteiger partial charge >= 0.3 is 6.18 Å². The van der Waals surface area contributed by atoms with Crippen molar-refractivity contribution in [1.82, 2.24) is 9.97 Å². The number of aliphatic hydroxyl groups is 1. The van der Waals surface area contributed by atoms with E-state index in [1.54, 1.807) is 0 Å². The SMILES string of the molecule is NC(=O)c1cnc(N2CCC[C@H](N)C2)nc1Nc1cc(C(F)(F)F)cc(C2(O)CC2)c1. The fraction of sp³-hybridized carbons (Fsp3) is 0.450. The number of carbonyl (C=O) groups is 1. The monoisotopic (exact) mass is 436 g/mol. The lowest BCUT2D eigenvalue weighted by molar-refractivity contribution is -0.137. The van der Waals surface area contributed by atoms with Gasteiger partial charge in [0.25, 0.3) is 5.91 Å². The smallest absolute Gasteiger partial charge is 0.385 e. The Balaban J connectivity index is 1.72. The lowest BCUT2D eigenvalue weighted by atomic mass is 10.0. The lowest BCUT2D eigenvalue weighted by Gasteiger charge is -2.31. The van der Waals surface area contributed by atoms with Crippen LogP contribution in [0, 0.1) is 0 Å². The Morgan fingerprint density at radius 3 is 2.65 bits per heavy atom. The summed E-state index contributed by atoms with van der Waals surface area (Å²) in [5, 5.41) is 13.1. The summed E-state index contributed by atoms with van der Waals surface area (Å²) in [6.45, 7) is 1.19. The van der Waals surface area contributed by atoms with E-state index in [4.69, 9.17) is 11.5 Å². The molecule has 2 aromatic rings. The second-order valence-electron chi connectivity index (χ2n) is 8.10. The number of nitrogens with two attached hydrogens (primary N) is 2. The number of hydrogen-bond donors (Lipinski definition) is 4. The molecule has 31 heavy (non-hydrogen) atoms. The summed E-state index contributed by atoms with van der Waals surface area (Å²) in [7, 11) is 0. The van der Waals surface area contributed by atoms with Crippen molar-refractivity contribution >= 4 is 23.4 Å².